The molecule has 3 aromatic heterocycles. The fourth-order valence-electron chi connectivity index (χ4n) is 2.33. The van der Waals surface area contributed by atoms with E-state index in [0.29, 0.717) is 28.8 Å². The molecule has 0 aliphatic rings. The van der Waals surface area contributed by atoms with Crippen molar-refractivity contribution < 1.29 is 0 Å². The van der Waals surface area contributed by atoms with Crippen LogP contribution < -0.4 is 16.2 Å². The van der Waals surface area contributed by atoms with Crippen molar-refractivity contribution in [3.63, 3.8) is 0 Å². The van der Waals surface area contributed by atoms with E-state index in [0.717, 1.165) is 5.39 Å². The number of fused-ring (bicyclic) bond motifs is 1. The third-order valence-corrected chi connectivity index (χ3v) is 4.04. The van der Waals surface area contributed by atoms with Gasteiger partial charge in [-0.1, -0.05) is 19.9 Å². The van der Waals surface area contributed by atoms with Gasteiger partial charge >= 0.3 is 0 Å². The van der Waals surface area contributed by atoms with Gasteiger partial charge in [0.2, 0.25) is 0 Å². The summed E-state index contributed by atoms with van der Waals surface area (Å²) in [6.07, 6.45) is 3.36. The number of pyridine rings is 3. The number of nitrogens with one attached hydrogen (secondary N) is 3. The van der Waals surface area contributed by atoms with Crippen molar-refractivity contribution in [1.29, 1.82) is 0 Å². The molecule has 3 heterocycles. The van der Waals surface area contributed by atoms with Crippen LogP contribution in [0.4, 0.5) is 17.5 Å². The molecule has 1 unspecified atom stereocenters. The molecule has 3 aromatic rings. The van der Waals surface area contributed by atoms with Gasteiger partial charge in [0.15, 0.2) is 0 Å². The number of aromatic nitrogens is 3. The Hall–Kier alpha value is -2.89. The van der Waals surface area contributed by atoms with Crippen LogP contribution in [0.2, 0.25) is 0 Å². The quantitative estimate of drug-likeness (QED) is 0.669. The summed E-state index contributed by atoms with van der Waals surface area (Å²) >= 11 is 0. The maximum atomic E-state index is 12.3. The molecule has 0 fully saturated rings. The Bertz CT molecular complexity index is 889. The van der Waals surface area contributed by atoms with Gasteiger partial charge in [-0.25, -0.2) is 9.97 Å². The monoisotopic (exact) mass is 323 g/mol. The first-order valence-corrected chi connectivity index (χ1v) is 8.01. The van der Waals surface area contributed by atoms with Crippen molar-refractivity contribution in [3.8, 4) is 0 Å². The Labute approximate surface area is 140 Å². The van der Waals surface area contributed by atoms with Crippen molar-refractivity contribution in [2.45, 2.75) is 26.8 Å². The van der Waals surface area contributed by atoms with Gasteiger partial charge in [-0.2, -0.15) is 0 Å². The van der Waals surface area contributed by atoms with Gasteiger partial charge in [0.05, 0.1) is 5.39 Å². The lowest BCUT2D eigenvalue weighted by Gasteiger charge is -2.19. The van der Waals surface area contributed by atoms with Crippen LogP contribution in [0.25, 0.3) is 10.8 Å². The minimum atomic E-state index is -0.150. The molecule has 6 nitrogen and oxygen atoms in total. The average Bonchev–Trinajstić information content (AvgIpc) is 2.55. The first-order chi connectivity index (χ1) is 11.5. The van der Waals surface area contributed by atoms with E-state index in [1.165, 1.54) is 0 Å². The van der Waals surface area contributed by atoms with Gasteiger partial charge in [-0.3, -0.25) is 4.79 Å². The van der Waals surface area contributed by atoms with Gasteiger partial charge in [-0.05, 0) is 42.5 Å². The second kappa shape index (κ2) is 6.70. The van der Waals surface area contributed by atoms with Gasteiger partial charge in [-0.15, -0.1) is 0 Å². The normalized spacial score (nSPS) is 12.3. The summed E-state index contributed by atoms with van der Waals surface area (Å²) in [5.74, 6) is 2.34. The minimum absolute atomic E-state index is 0.150. The molecule has 0 saturated heterocycles. The number of H-pyrrole nitrogens is 1. The van der Waals surface area contributed by atoms with Crippen LogP contribution in [-0.4, -0.2) is 21.0 Å². The predicted molar refractivity (Wildman–Crippen MR) is 97.8 cm³/mol. The van der Waals surface area contributed by atoms with Crippen LogP contribution >= 0.6 is 0 Å². The van der Waals surface area contributed by atoms with Gasteiger partial charge < -0.3 is 15.6 Å². The Morgan fingerprint density at radius 1 is 1.12 bits per heavy atom. The summed E-state index contributed by atoms with van der Waals surface area (Å²) in [7, 11) is 0. The zero-order valence-corrected chi connectivity index (χ0v) is 14.0. The summed E-state index contributed by atoms with van der Waals surface area (Å²) in [5.41, 5.74) is -0.150. The van der Waals surface area contributed by atoms with Crippen LogP contribution in [-0.2, 0) is 0 Å². The third kappa shape index (κ3) is 3.37. The Balaban J connectivity index is 2.07. The summed E-state index contributed by atoms with van der Waals surface area (Å²) < 4.78 is 0. The lowest BCUT2D eigenvalue weighted by Crippen LogP contribution is -2.23. The smallest absolute Gasteiger partial charge is 0.259 e. The first kappa shape index (κ1) is 16.0. The largest absolute Gasteiger partial charge is 0.367 e. The molecule has 0 aliphatic carbocycles. The highest BCUT2D eigenvalue weighted by atomic mass is 16.1. The molecule has 0 spiro atoms. The number of nitrogens with zero attached hydrogens (tertiary/aromatic N) is 2. The number of aromatic amines is 1. The van der Waals surface area contributed by atoms with E-state index in [-0.39, 0.29) is 11.6 Å². The topological polar surface area (TPSA) is 82.7 Å². The number of anilines is 3. The van der Waals surface area contributed by atoms with Crippen molar-refractivity contribution in [2.24, 2.45) is 5.92 Å². The number of hydrogen-bond donors (Lipinski definition) is 3. The first-order valence-electron chi connectivity index (χ1n) is 8.01. The number of rotatable bonds is 5. The van der Waals surface area contributed by atoms with Crippen LogP contribution in [0.15, 0.2) is 47.5 Å². The molecule has 0 saturated carbocycles. The molecular weight excluding hydrogens is 302 g/mol. The molecule has 0 aromatic carbocycles. The Kier molecular flexibility index (Phi) is 4.46. The maximum absolute atomic E-state index is 12.3. The second-order valence-corrected chi connectivity index (χ2v) is 6.14. The van der Waals surface area contributed by atoms with E-state index in [4.69, 9.17) is 0 Å². The molecule has 0 bridgehead atoms. The molecule has 6 heteroatoms. The zero-order valence-electron chi connectivity index (χ0n) is 14.0. The van der Waals surface area contributed by atoms with E-state index in [2.05, 4.69) is 46.4 Å². The van der Waals surface area contributed by atoms with Crippen molar-refractivity contribution in [3.05, 3.63) is 53.1 Å². The summed E-state index contributed by atoms with van der Waals surface area (Å²) in [5, 5.41) is 7.93. The van der Waals surface area contributed by atoms with Crippen molar-refractivity contribution in [2.75, 3.05) is 10.6 Å². The Morgan fingerprint density at radius 3 is 2.67 bits per heavy atom. The average molecular weight is 323 g/mol. The van der Waals surface area contributed by atoms with E-state index >= 15 is 0 Å². The van der Waals surface area contributed by atoms with Crippen molar-refractivity contribution >= 4 is 28.2 Å². The lowest BCUT2D eigenvalue weighted by molar-refractivity contribution is 0.559. The minimum Gasteiger partial charge on any atom is -0.367 e. The standard InChI is InChI=1S/C18H21N5O/c1-11(2)12(3)21-17-16-13(7-9-20-18(16)24)10-15(23-17)22-14-6-4-5-8-19-14/h4-12H,1-3H3,(H,20,24)(H2,19,21,22,23). The summed E-state index contributed by atoms with van der Waals surface area (Å²) in [4.78, 5) is 23.8. The van der Waals surface area contributed by atoms with E-state index in [1.807, 2.05) is 30.3 Å². The van der Waals surface area contributed by atoms with Gasteiger partial charge in [0.25, 0.3) is 5.56 Å². The van der Waals surface area contributed by atoms with E-state index < -0.39 is 0 Å². The molecule has 3 N–H and O–H groups in total. The number of hydrogen-bond acceptors (Lipinski definition) is 5. The lowest BCUT2D eigenvalue weighted by atomic mass is 10.1. The fourth-order valence-corrected chi connectivity index (χ4v) is 2.33. The Morgan fingerprint density at radius 2 is 1.96 bits per heavy atom. The van der Waals surface area contributed by atoms with Crippen LogP contribution in [0, 0.1) is 5.92 Å². The predicted octanol–water partition coefficient (Wildman–Crippen LogP) is 3.52. The van der Waals surface area contributed by atoms with Gasteiger partial charge in [0.1, 0.15) is 17.5 Å². The van der Waals surface area contributed by atoms with Crippen LogP contribution in [0.1, 0.15) is 20.8 Å². The molecule has 0 amide bonds. The molecule has 1 atom stereocenters. The third-order valence-electron chi connectivity index (χ3n) is 4.04. The van der Waals surface area contributed by atoms with Crippen LogP contribution in [0.5, 0.6) is 0 Å². The van der Waals surface area contributed by atoms with Crippen LogP contribution in [0.3, 0.4) is 0 Å². The second-order valence-electron chi connectivity index (χ2n) is 6.14. The molecule has 3 rings (SSSR count). The fraction of sp³-hybridized carbons (Fsp3) is 0.278. The van der Waals surface area contributed by atoms with Crippen molar-refractivity contribution in [1.82, 2.24) is 15.0 Å². The highest BCUT2D eigenvalue weighted by Crippen LogP contribution is 2.24. The van der Waals surface area contributed by atoms with E-state index in [9.17, 15) is 4.79 Å². The molecule has 0 radical (unpaired) electrons. The molecule has 0 aliphatic heterocycles. The highest BCUT2D eigenvalue weighted by Gasteiger charge is 2.14. The van der Waals surface area contributed by atoms with Gasteiger partial charge in [0, 0.05) is 18.4 Å². The summed E-state index contributed by atoms with van der Waals surface area (Å²) in [6, 6.07) is 9.53. The molecular formula is C18H21N5O. The van der Waals surface area contributed by atoms with E-state index in [1.54, 1.807) is 12.4 Å². The highest BCUT2D eigenvalue weighted by molar-refractivity contribution is 5.93. The maximum Gasteiger partial charge on any atom is 0.259 e. The SMILES string of the molecule is CC(C)C(C)Nc1nc(Nc2ccccn2)cc2cc[nH]c(=O)c12. The summed E-state index contributed by atoms with van der Waals surface area (Å²) in [6.45, 7) is 6.33. The zero-order chi connectivity index (χ0) is 17.1. The molecule has 24 heavy (non-hydrogen) atoms. The molecule has 124 valence electrons.